The summed E-state index contributed by atoms with van der Waals surface area (Å²) in [6, 6.07) is 11.6. The van der Waals surface area contributed by atoms with Crippen LogP contribution in [0.25, 0.3) is 10.8 Å². The molecular formula is C16H15N3O3S2. The van der Waals surface area contributed by atoms with E-state index in [9.17, 15) is 4.79 Å². The maximum atomic E-state index is 11.9. The lowest BCUT2D eigenvalue weighted by Gasteiger charge is -2.03. The molecule has 0 saturated heterocycles. The van der Waals surface area contributed by atoms with Crippen LogP contribution in [0.3, 0.4) is 0 Å². The number of nitrogens with zero attached hydrogens (tertiary/aromatic N) is 2. The van der Waals surface area contributed by atoms with Crippen molar-refractivity contribution in [2.75, 3.05) is 18.2 Å². The number of nitrogens with one attached hydrogen (secondary N) is 1. The smallest absolute Gasteiger partial charge is 0.322 e. The Kier molecular flexibility index (Phi) is 5.50. The zero-order valence-electron chi connectivity index (χ0n) is 12.9. The molecule has 3 aromatic rings. The summed E-state index contributed by atoms with van der Waals surface area (Å²) >= 11 is 3.10. The molecule has 0 radical (unpaired) electrons. The molecule has 0 aliphatic carbocycles. The fourth-order valence-electron chi connectivity index (χ4n) is 1.89. The van der Waals surface area contributed by atoms with E-state index in [2.05, 4.69) is 15.5 Å². The molecular weight excluding hydrogens is 346 g/mol. The number of anilines is 1. The molecule has 0 atom stereocenters. The summed E-state index contributed by atoms with van der Waals surface area (Å²) in [4.78, 5) is 13.9. The van der Waals surface area contributed by atoms with Gasteiger partial charge >= 0.3 is 6.01 Å². The average molecular weight is 361 g/mol. The van der Waals surface area contributed by atoms with Crippen molar-refractivity contribution in [3.8, 4) is 16.5 Å². The molecule has 3 rings (SSSR count). The normalized spacial score (nSPS) is 10.5. The van der Waals surface area contributed by atoms with Crippen molar-refractivity contribution in [3.63, 3.8) is 0 Å². The van der Waals surface area contributed by atoms with Crippen LogP contribution in [0.2, 0.25) is 0 Å². The molecule has 0 spiro atoms. The highest BCUT2D eigenvalue weighted by Crippen LogP contribution is 2.25. The average Bonchev–Trinajstić information content (AvgIpc) is 3.27. The van der Waals surface area contributed by atoms with Gasteiger partial charge in [0.25, 0.3) is 5.89 Å². The number of carbonyl (C=O) groups excluding carboxylic acids is 1. The van der Waals surface area contributed by atoms with E-state index in [1.165, 1.54) is 11.3 Å². The molecule has 6 nitrogen and oxygen atoms in total. The van der Waals surface area contributed by atoms with Gasteiger partial charge in [0, 0.05) is 17.1 Å². The lowest BCUT2D eigenvalue weighted by molar-refractivity contribution is -0.115. The van der Waals surface area contributed by atoms with Gasteiger partial charge in [0.2, 0.25) is 5.91 Å². The first-order valence-electron chi connectivity index (χ1n) is 7.18. The van der Waals surface area contributed by atoms with Crippen LogP contribution in [0.15, 0.2) is 51.1 Å². The first-order valence-corrected chi connectivity index (χ1v) is 9.05. The number of thiophene rings is 1. The first kappa shape index (κ1) is 16.5. The fraction of sp³-hybridized carbons (Fsp3) is 0.188. The Hall–Kier alpha value is -2.32. The van der Waals surface area contributed by atoms with Crippen LogP contribution in [0, 0.1) is 0 Å². The number of benzene rings is 1. The van der Waals surface area contributed by atoms with Gasteiger partial charge in [-0.25, -0.2) is 0 Å². The fourth-order valence-corrected chi connectivity index (χ4v) is 3.38. The molecule has 0 fully saturated rings. The maximum absolute atomic E-state index is 11.9. The molecule has 24 heavy (non-hydrogen) atoms. The van der Waals surface area contributed by atoms with E-state index in [1.54, 1.807) is 18.9 Å². The van der Waals surface area contributed by atoms with Crippen LogP contribution in [-0.2, 0) is 4.79 Å². The molecule has 1 amide bonds. The largest absolute Gasteiger partial charge is 0.497 e. The summed E-state index contributed by atoms with van der Waals surface area (Å²) in [7, 11) is 1.63. The quantitative estimate of drug-likeness (QED) is 0.643. The standard InChI is InChI=1S/C16H15N3O3S2/c1-21-11-4-6-12(7-5-11)23-10-8-14(20)17-16-19-18-15(22-16)13-3-2-9-24-13/h2-7,9H,8,10H2,1H3,(H,17,19,20). The molecule has 0 aliphatic heterocycles. The Morgan fingerprint density at radius 1 is 1.29 bits per heavy atom. The Bertz CT molecular complexity index is 785. The Morgan fingerprint density at radius 2 is 2.12 bits per heavy atom. The summed E-state index contributed by atoms with van der Waals surface area (Å²) in [5.41, 5.74) is 0. The van der Waals surface area contributed by atoms with E-state index in [4.69, 9.17) is 9.15 Å². The van der Waals surface area contributed by atoms with E-state index in [0.29, 0.717) is 18.1 Å². The third kappa shape index (κ3) is 4.36. The van der Waals surface area contributed by atoms with Crippen LogP contribution >= 0.6 is 23.1 Å². The van der Waals surface area contributed by atoms with Gasteiger partial charge in [0.05, 0.1) is 12.0 Å². The van der Waals surface area contributed by atoms with Crippen molar-refractivity contribution in [1.82, 2.24) is 10.2 Å². The second-order valence-electron chi connectivity index (χ2n) is 4.71. The van der Waals surface area contributed by atoms with Crippen molar-refractivity contribution in [2.45, 2.75) is 11.3 Å². The monoisotopic (exact) mass is 361 g/mol. The number of ether oxygens (including phenoxy) is 1. The van der Waals surface area contributed by atoms with Crippen LogP contribution in [0.5, 0.6) is 5.75 Å². The van der Waals surface area contributed by atoms with Crippen LogP contribution in [-0.4, -0.2) is 29.0 Å². The molecule has 1 N–H and O–H groups in total. The van der Waals surface area contributed by atoms with Gasteiger partial charge in [-0.05, 0) is 35.7 Å². The number of hydrogen-bond acceptors (Lipinski definition) is 7. The minimum Gasteiger partial charge on any atom is -0.497 e. The highest BCUT2D eigenvalue weighted by molar-refractivity contribution is 7.99. The number of hydrogen-bond donors (Lipinski definition) is 1. The van der Waals surface area contributed by atoms with Gasteiger partial charge in [-0.3, -0.25) is 10.1 Å². The SMILES string of the molecule is COc1ccc(SCCC(=O)Nc2nnc(-c3cccs3)o2)cc1. The van der Waals surface area contributed by atoms with Gasteiger partial charge in [-0.2, -0.15) is 0 Å². The van der Waals surface area contributed by atoms with Gasteiger partial charge in [-0.15, -0.1) is 28.2 Å². The predicted molar refractivity (Wildman–Crippen MR) is 94.6 cm³/mol. The zero-order valence-corrected chi connectivity index (χ0v) is 14.5. The zero-order chi connectivity index (χ0) is 16.8. The minimum atomic E-state index is -0.155. The molecule has 0 saturated carbocycles. The van der Waals surface area contributed by atoms with Crippen molar-refractivity contribution in [3.05, 3.63) is 41.8 Å². The Labute approximate surface area is 147 Å². The van der Waals surface area contributed by atoms with Crippen molar-refractivity contribution < 1.29 is 13.9 Å². The van der Waals surface area contributed by atoms with Gasteiger partial charge in [0.1, 0.15) is 5.75 Å². The predicted octanol–water partition coefficient (Wildman–Crippen LogP) is 3.93. The summed E-state index contributed by atoms with van der Waals surface area (Å²) in [6.45, 7) is 0. The minimum absolute atomic E-state index is 0.123. The maximum Gasteiger partial charge on any atom is 0.322 e. The molecule has 1 aromatic carbocycles. The molecule has 0 bridgehead atoms. The number of rotatable bonds is 7. The van der Waals surface area contributed by atoms with Crippen LogP contribution < -0.4 is 10.1 Å². The molecule has 0 aliphatic rings. The highest BCUT2D eigenvalue weighted by Gasteiger charge is 2.11. The lowest BCUT2D eigenvalue weighted by Crippen LogP contribution is -2.12. The van der Waals surface area contributed by atoms with Gasteiger partial charge in [0.15, 0.2) is 0 Å². The number of methoxy groups -OCH3 is 1. The first-order chi connectivity index (χ1) is 11.7. The molecule has 124 valence electrons. The second kappa shape index (κ2) is 7.98. The van der Waals surface area contributed by atoms with E-state index < -0.39 is 0 Å². The second-order valence-corrected chi connectivity index (χ2v) is 6.83. The summed E-state index contributed by atoms with van der Waals surface area (Å²) in [6.07, 6.45) is 0.355. The van der Waals surface area contributed by atoms with Crippen LogP contribution in [0.4, 0.5) is 6.01 Å². The van der Waals surface area contributed by atoms with Gasteiger partial charge in [-0.1, -0.05) is 11.2 Å². The summed E-state index contributed by atoms with van der Waals surface area (Å²) < 4.78 is 10.5. The number of amides is 1. The van der Waals surface area contributed by atoms with E-state index in [0.717, 1.165) is 15.5 Å². The van der Waals surface area contributed by atoms with Crippen molar-refractivity contribution in [2.24, 2.45) is 0 Å². The molecule has 8 heteroatoms. The van der Waals surface area contributed by atoms with Gasteiger partial charge < -0.3 is 9.15 Å². The van der Waals surface area contributed by atoms with E-state index in [1.807, 2.05) is 41.8 Å². The Morgan fingerprint density at radius 3 is 2.83 bits per heavy atom. The third-order valence-electron chi connectivity index (χ3n) is 3.06. The van der Waals surface area contributed by atoms with Crippen molar-refractivity contribution in [1.29, 1.82) is 0 Å². The van der Waals surface area contributed by atoms with Crippen molar-refractivity contribution >= 4 is 35.0 Å². The lowest BCUT2D eigenvalue weighted by atomic mass is 10.3. The molecule has 2 heterocycles. The van der Waals surface area contributed by atoms with Crippen LogP contribution in [0.1, 0.15) is 6.42 Å². The number of carbonyl (C=O) groups is 1. The summed E-state index contributed by atoms with van der Waals surface area (Å²) in [5.74, 6) is 1.73. The number of thioether (sulfide) groups is 1. The molecule has 2 aromatic heterocycles. The number of aromatic nitrogens is 2. The molecule has 0 unspecified atom stereocenters. The highest BCUT2D eigenvalue weighted by atomic mass is 32.2. The van der Waals surface area contributed by atoms with E-state index in [-0.39, 0.29) is 11.9 Å². The third-order valence-corrected chi connectivity index (χ3v) is 4.93. The summed E-state index contributed by atoms with van der Waals surface area (Å²) in [5, 5.41) is 12.3. The van der Waals surface area contributed by atoms with E-state index >= 15 is 0 Å². The topological polar surface area (TPSA) is 77.2 Å². The Balaban J connectivity index is 1.45.